The van der Waals surface area contributed by atoms with Crippen LogP contribution in [0.15, 0.2) is 146 Å². The van der Waals surface area contributed by atoms with Gasteiger partial charge in [-0.2, -0.15) is 0 Å². The van der Waals surface area contributed by atoms with E-state index in [1.54, 1.807) is 18.9 Å². The summed E-state index contributed by atoms with van der Waals surface area (Å²) in [6, 6.07) is 46.2. The van der Waals surface area contributed by atoms with E-state index in [0.29, 0.717) is 59.4 Å². The molecule has 5 rings (SSSR count). The SMILES string of the molecule is CCO[Si](CCCCc1cccc(Sc2ccc(C)cc2)c1)(OCC)OCC.CCO[Si](CCCCc1cccc(Sc2ccc(C)cc2)c1)(OCC)O[SiH2]OC.CCO[Si](CCCN)(OCC)OCC.CSc1ccc(C)cc1.C[Si](C)(O)OO. The molecule has 0 amide bonds. The summed E-state index contributed by atoms with van der Waals surface area (Å²) in [6.45, 7) is 30.9. The molecule has 0 aliphatic carbocycles. The van der Waals surface area contributed by atoms with E-state index in [4.69, 9.17) is 59.7 Å². The molecule has 0 fully saturated rings. The first-order chi connectivity index (χ1) is 41.3. The van der Waals surface area contributed by atoms with Crippen LogP contribution in [0.25, 0.3) is 0 Å². The number of benzene rings is 5. The number of unbranched alkanes of at least 4 members (excludes halogenated alkanes) is 2. The van der Waals surface area contributed by atoms with E-state index < -0.39 is 45.0 Å². The van der Waals surface area contributed by atoms with Gasteiger partial charge in [-0.25, -0.2) is 0 Å². The predicted molar refractivity (Wildman–Crippen MR) is 371 cm³/mol. The lowest BCUT2D eigenvalue weighted by Gasteiger charge is -2.29. The highest BCUT2D eigenvalue weighted by molar-refractivity contribution is 7.99. The number of thioether (sulfide) groups is 1. The van der Waals surface area contributed by atoms with Crippen LogP contribution in [0.1, 0.15) is 115 Å². The van der Waals surface area contributed by atoms with Crippen LogP contribution < -0.4 is 5.73 Å². The topological polar surface area (TPSA) is 168 Å². The molecule has 0 saturated carbocycles. The fourth-order valence-corrected chi connectivity index (χ4v) is 20.2. The van der Waals surface area contributed by atoms with Crippen molar-refractivity contribution in [3.05, 3.63) is 149 Å². The Morgan fingerprint density at radius 2 is 0.756 bits per heavy atom. The van der Waals surface area contributed by atoms with Crippen molar-refractivity contribution in [3.8, 4) is 0 Å². The highest BCUT2D eigenvalue weighted by Gasteiger charge is 2.41. The van der Waals surface area contributed by atoms with Gasteiger partial charge in [-0.15, -0.1) is 11.8 Å². The van der Waals surface area contributed by atoms with Crippen LogP contribution in [-0.4, -0.2) is 128 Å². The molecule has 0 spiro atoms. The molecule has 14 nitrogen and oxygen atoms in total. The van der Waals surface area contributed by atoms with Gasteiger partial charge in [0.15, 0.2) is 0 Å². The molecule has 0 saturated heterocycles. The van der Waals surface area contributed by atoms with Crippen molar-refractivity contribution in [2.45, 2.75) is 177 Å². The molecule has 5 aromatic carbocycles. The van der Waals surface area contributed by atoms with Crippen molar-refractivity contribution in [2.75, 3.05) is 72.8 Å². The maximum Gasteiger partial charge on any atom is 0.500 e. The predicted octanol–water partition coefficient (Wildman–Crippen LogP) is 15.9. The van der Waals surface area contributed by atoms with Crippen molar-refractivity contribution in [3.63, 3.8) is 0 Å². The summed E-state index contributed by atoms with van der Waals surface area (Å²) in [6.07, 6.45) is 9.38. The second-order valence-corrected chi connectivity index (χ2v) is 36.2. The molecule has 0 aliphatic rings. The van der Waals surface area contributed by atoms with E-state index in [0.717, 1.165) is 63.1 Å². The van der Waals surface area contributed by atoms with Crippen molar-refractivity contribution in [2.24, 2.45) is 5.73 Å². The summed E-state index contributed by atoms with van der Waals surface area (Å²) in [4.78, 5) is 15.0. The Kier molecular flexibility index (Phi) is 46.9. The number of nitrogens with two attached hydrogens (primary N) is 1. The number of rotatable bonds is 38. The molecule has 5 aromatic rings. The van der Waals surface area contributed by atoms with E-state index in [-0.39, 0.29) is 0 Å². The Labute approximate surface area is 539 Å². The maximum atomic E-state index is 8.49. The van der Waals surface area contributed by atoms with Crippen molar-refractivity contribution < 1.29 is 58.6 Å². The minimum Gasteiger partial charge on any atom is -0.409 e. The van der Waals surface area contributed by atoms with Crippen LogP contribution in [-0.2, 0) is 61.4 Å². The monoisotopic (exact) mass is 1340 g/mol. The van der Waals surface area contributed by atoms with Gasteiger partial charge in [0.05, 0.1) is 0 Å². The molecule has 0 radical (unpaired) electrons. The minimum atomic E-state index is -2.59. The third-order valence-corrected chi connectivity index (χ3v) is 26.6. The first-order valence-electron chi connectivity index (χ1n) is 30.6. The molecule has 0 bridgehead atoms. The van der Waals surface area contributed by atoms with Crippen LogP contribution in [0, 0.1) is 20.8 Å². The van der Waals surface area contributed by atoms with Gasteiger partial charge >= 0.3 is 35.0 Å². The van der Waals surface area contributed by atoms with E-state index >= 15 is 0 Å². The van der Waals surface area contributed by atoms with E-state index in [2.05, 4.69) is 153 Å². The summed E-state index contributed by atoms with van der Waals surface area (Å²) < 4.78 is 61.6. The third kappa shape index (κ3) is 37.7. The smallest absolute Gasteiger partial charge is 0.409 e. The molecule has 486 valence electrons. The molecular formula is C64H109NO13S3Si5. The van der Waals surface area contributed by atoms with Gasteiger partial charge in [-0.1, -0.05) is 101 Å². The Bertz CT molecular complexity index is 2380. The van der Waals surface area contributed by atoms with E-state index in [9.17, 15) is 0 Å². The van der Waals surface area contributed by atoms with Gasteiger partial charge in [-0.05, 0) is 219 Å². The van der Waals surface area contributed by atoms with Crippen LogP contribution in [0.5, 0.6) is 0 Å². The maximum absolute atomic E-state index is 8.49. The standard InChI is InChI=1S/C23H34O3SSi.C22H34O4SSi2.C9H23NO3Si.C8H10S.C2H8O3Si/c1-5-24-28(25-6-2,26-7-3)18-9-8-11-21-12-10-13-23(19-21)27-22-16-14-20(4)15-17-22;1-5-24-29(25-6-2,26-28-23-4)17-8-7-10-20-11-9-12-22(18-20)27-21-15-13-19(3)14-16-21;1-4-11-14(12-5-2,13-6-3)9-7-8-10;1-7-3-5-8(9-2)6-4-7;1-6(2,4)5-3/h10,12-17,19H,5-9,11,18H2,1-4H3;9,11-16,18H,5-8,10,17,28H2,1-4H3;4-10H2,1-3H3;3-6H,1-2H3;3-4H,1-2H3. The summed E-state index contributed by atoms with van der Waals surface area (Å²) in [5, 5.41) is 7.71. The third-order valence-electron chi connectivity index (χ3n) is 12.2. The Morgan fingerprint density at radius 3 is 1.06 bits per heavy atom. The molecule has 0 aromatic heterocycles. The Hall–Kier alpha value is -2.33. The fraction of sp³-hybridized carbons (Fsp3) is 0.531. The highest BCUT2D eigenvalue weighted by atomic mass is 32.2. The summed E-state index contributed by atoms with van der Waals surface area (Å²) in [5.74, 6) is 0. The number of aryl methyl sites for hydroxylation is 5. The van der Waals surface area contributed by atoms with Crippen LogP contribution >= 0.6 is 35.3 Å². The van der Waals surface area contributed by atoms with Crippen LogP contribution in [0.2, 0.25) is 31.2 Å². The molecule has 86 heavy (non-hydrogen) atoms. The molecule has 0 heterocycles. The fourth-order valence-electron chi connectivity index (χ4n) is 8.28. The normalized spacial score (nSPS) is 11.7. The largest absolute Gasteiger partial charge is 0.500 e. The summed E-state index contributed by atoms with van der Waals surface area (Å²) in [5.41, 5.74) is 12.1. The van der Waals surface area contributed by atoms with Gasteiger partial charge in [-0.3, -0.25) is 9.83 Å². The lowest BCUT2D eigenvalue weighted by Crippen LogP contribution is -2.47. The first-order valence-corrected chi connectivity index (χ1v) is 43.3. The molecule has 4 N–H and O–H groups in total. The minimum absolute atomic E-state index is 0.614. The quantitative estimate of drug-likeness (QED) is 0.0112. The van der Waals surface area contributed by atoms with Gasteiger partial charge in [0.2, 0.25) is 0 Å². The average molecular weight is 1340 g/mol. The zero-order valence-electron chi connectivity index (χ0n) is 54.9. The van der Waals surface area contributed by atoms with Gasteiger partial charge in [0, 0.05) is 103 Å². The van der Waals surface area contributed by atoms with Crippen LogP contribution in [0.4, 0.5) is 0 Å². The molecule has 22 heteroatoms. The highest BCUT2D eigenvalue weighted by Crippen LogP contribution is 2.31. The van der Waals surface area contributed by atoms with Gasteiger partial charge in [0.1, 0.15) is 0 Å². The number of hydrogen-bond acceptors (Lipinski definition) is 17. The molecule has 0 unspecified atom stereocenters. The van der Waals surface area contributed by atoms with Crippen molar-refractivity contribution >= 4 is 80.3 Å². The summed E-state index contributed by atoms with van der Waals surface area (Å²) in [7, 11) is -9.42. The lowest BCUT2D eigenvalue weighted by molar-refractivity contribution is -0.164. The average Bonchev–Trinajstić information content (AvgIpc) is 3.64. The van der Waals surface area contributed by atoms with Crippen molar-refractivity contribution in [1.29, 1.82) is 0 Å². The zero-order chi connectivity index (χ0) is 64.0. The van der Waals surface area contributed by atoms with Gasteiger partial charge in [0.25, 0.3) is 10.0 Å². The first kappa shape index (κ1) is 81.7. The molecule has 0 atom stereocenters. The number of hydrogen-bond donors (Lipinski definition) is 3. The molecule has 0 aliphatic heterocycles. The Balaban J connectivity index is 0.000000596. The van der Waals surface area contributed by atoms with Gasteiger partial charge < -0.3 is 54.5 Å². The van der Waals surface area contributed by atoms with E-state index in [1.807, 2.05) is 78.9 Å². The summed E-state index contributed by atoms with van der Waals surface area (Å²) >= 11 is 5.41. The Morgan fingerprint density at radius 1 is 0.442 bits per heavy atom. The molecular weight excluding hydrogens is 1230 g/mol. The zero-order valence-corrected chi connectivity index (χ0v) is 62.7. The second-order valence-electron chi connectivity index (χ2n) is 20.1. The lowest BCUT2D eigenvalue weighted by atomic mass is 10.1. The van der Waals surface area contributed by atoms with E-state index in [1.165, 1.54) is 65.4 Å². The van der Waals surface area contributed by atoms with Crippen LogP contribution in [0.3, 0.4) is 0 Å². The second kappa shape index (κ2) is 49.4. The van der Waals surface area contributed by atoms with Crippen molar-refractivity contribution in [1.82, 2.24) is 0 Å².